The highest BCUT2D eigenvalue weighted by Crippen LogP contribution is 2.71. The molecule has 140 valence electrons. The van der Waals surface area contributed by atoms with Gasteiger partial charge in [-0.3, -0.25) is 9.59 Å². The number of allylic oxidation sites excluding steroid dienone is 1. The molecule has 0 saturated heterocycles. The van der Waals surface area contributed by atoms with Crippen LogP contribution >= 0.6 is 31.9 Å². The summed E-state index contributed by atoms with van der Waals surface area (Å²) in [5.41, 5.74) is 0.776. The van der Waals surface area contributed by atoms with Crippen LogP contribution in [0.15, 0.2) is 64.1 Å². The quantitative estimate of drug-likeness (QED) is 0.518. The fourth-order valence-electron chi connectivity index (χ4n) is 4.09. The van der Waals surface area contributed by atoms with Crippen LogP contribution in [0.1, 0.15) is 35.3 Å². The predicted molar refractivity (Wildman–Crippen MR) is 113 cm³/mol. The van der Waals surface area contributed by atoms with E-state index < -0.39 is 11.4 Å². The normalized spacial score (nSPS) is 22.7. The summed E-state index contributed by atoms with van der Waals surface area (Å²) in [6.07, 6.45) is 2.28. The van der Waals surface area contributed by atoms with Crippen LogP contribution in [-0.4, -0.2) is 16.9 Å². The number of hydrogen-bond acceptors (Lipinski definition) is 2. The summed E-state index contributed by atoms with van der Waals surface area (Å²) in [5.74, 6) is -0.976. The van der Waals surface area contributed by atoms with E-state index in [2.05, 4.69) is 31.9 Å². The van der Waals surface area contributed by atoms with Gasteiger partial charge in [0, 0.05) is 17.0 Å². The summed E-state index contributed by atoms with van der Waals surface area (Å²) in [6, 6.07) is 16.4. The molecular weight excluding hydrogens is 472 g/mol. The minimum absolute atomic E-state index is 0.0588. The Hall–Kier alpha value is -1.72. The Morgan fingerprint density at radius 2 is 1.67 bits per heavy atom. The summed E-state index contributed by atoms with van der Waals surface area (Å²) >= 11 is 6.70. The predicted octanol–water partition coefficient (Wildman–Crippen LogP) is 5.82. The van der Waals surface area contributed by atoms with Gasteiger partial charge in [0.25, 0.3) is 0 Å². The minimum atomic E-state index is -0.895. The summed E-state index contributed by atoms with van der Waals surface area (Å²) < 4.78 is 0.754. The van der Waals surface area contributed by atoms with E-state index >= 15 is 0 Å². The molecule has 3 rings (SSSR count). The third kappa shape index (κ3) is 3.55. The molecule has 0 heterocycles. The van der Waals surface area contributed by atoms with Gasteiger partial charge in [-0.05, 0) is 55.3 Å². The van der Waals surface area contributed by atoms with Gasteiger partial charge >= 0.3 is 5.97 Å². The van der Waals surface area contributed by atoms with Gasteiger partial charge in [-0.1, -0.05) is 68.5 Å². The number of ketones is 1. The smallest absolute Gasteiger partial charge is 0.311 e. The lowest BCUT2D eigenvalue weighted by Crippen LogP contribution is -2.24. The van der Waals surface area contributed by atoms with Crippen LogP contribution in [-0.2, 0) is 11.2 Å². The molecule has 1 saturated carbocycles. The molecule has 2 aromatic rings. The summed E-state index contributed by atoms with van der Waals surface area (Å²) in [6.45, 7) is 3.95. The first-order valence-corrected chi connectivity index (χ1v) is 10.2. The molecule has 2 atom stereocenters. The molecule has 0 radical (unpaired) electrons. The van der Waals surface area contributed by atoms with Gasteiger partial charge in [0.2, 0.25) is 0 Å². The maximum atomic E-state index is 12.7. The van der Waals surface area contributed by atoms with Crippen molar-refractivity contribution in [1.29, 1.82) is 0 Å². The fraction of sp³-hybridized carbons (Fsp3) is 0.273. The number of carbonyl (C=O) groups is 2. The average molecular weight is 492 g/mol. The lowest BCUT2D eigenvalue weighted by atomic mass is 9.87. The third-order valence-electron chi connectivity index (χ3n) is 5.76. The van der Waals surface area contributed by atoms with Crippen molar-refractivity contribution in [2.45, 2.75) is 20.3 Å². The SMILES string of the molecule is CC1(C)C(C=C(Br)Br)[C@@]1(Cc1cccc(C(=O)c2ccccc2)c1)C(=O)O. The molecule has 1 aliphatic carbocycles. The average Bonchev–Trinajstić information content (AvgIpc) is 3.09. The molecule has 1 unspecified atom stereocenters. The first-order chi connectivity index (χ1) is 12.7. The Bertz CT molecular complexity index is 914. The Balaban J connectivity index is 1.93. The number of carbonyl (C=O) groups excluding carboxylic acids is 1. The second kappa shape index (κ2) is 7.36. The number of carboxylic acid groups (broad SMARTS) is 1. The van der Waals surface area contributed by atoms with E-state index in [9.17, 15) is 14.7 Å². The second-order valence-electron chi connectivity index (χ2n) is 7.50. The highest BCUT2D eigenvalue weighted by molar-refractivity contribution is 9.28. The van der Waals surface area contributed by atoms with Crippen LogP contribution in [0.4, 0.5) is 0 Å². The zero-order chi connectivity index (χ0) is 19.8. The van der Waals surface area contributed by atoms with Crippen molar-refractivity contribution in [1.82, 2.24) is 0 Å². The molecule has 0 bridgehead atoms. The number of benzene rings is 2. The Labute approximate surface area is 175 Å². The largest absolute Gasteiger partial charge is 0.481 e. The summed E-state index contributed by atoms with van der Waals surface area (Å²) in [4.78, 5) is 24.9. The fourth-order valence-corrected chi connectivity index (χ4v) is 4.62. The van der Waals surface area contributed by atoms with E-state index in [1.165, 1.54) is 0 Å². The lowest BCUT2D eigenvalue weighted by Gasteiger charge is -2.16. The Morgan fingerprint density at radius 3 is 2.26 bits per heavy atom. The van der Waals surface area contributed by atoms with Crippen molar-refractivity contribution < 1.29 is 14.7 Å². The van der Waals surface area contributed by atoms with Crippen molar-refractivity contribution >= 4 is 43.6 Å². The second-order valence-corrected chi connectivity index (χ2v) is 10.3. The molecule has 0 aliphatic heterocycles. The van der Waals surface area contributed by atoms with Gasteiger partial charge in [-0.15, -0.1) is 0 Å². The van der Waals surface area contributed by atoms with E-state index in [4.69, 9.17) is 0 Å². The monoisotopic (exact) mass is 490 g/mol. The molecular formula is C22H20Br2O3. The number of aliphatic carboxylic acids is 1. The summed E-state index contributed by atoms with van der Waals surface area (Å²) in [5, 5.41) is 10.0. The van der Waals surface area contributed by atoms with Crippen LogP contribution in [0.2, 0.25) is 0 Å². The van der Waals surface area contributed by atoms with Crippen molar-refractivity contribution in [2.75, 3.05) is 0 Å². The van der Waals surface area contributed by atoms with Gasteiger partial charge in [-0.25, -0.2) is 0 Å². The molecule has 1 fully saturated rings. The minimum Gasteiger partial charge on any atom is -0.481 e. The van der Waals surface area contributed by atoms with Crippen LogP contribution in [0.3, 0.4) is 0 Å². The molecule has 0 spiro atoms. The molecule has 1 aliphatic rings. The van der Waals surface area contributed by atoms with Gasteiger partial charge in [-0.2, -0.15) is 0 Å². The topological polar surface area (TPSA) is 54.4 Å². The number of halogens is 2. The van der Waals surface area contributed by atoms with Crippen molar-refractivity contribution in [3.63, 3.8) is 0 Å². The van der Waals surface area contributed by atoms with Gasteiger partial charge < -0.3 is 5.11 Å². The Kier molecular flexibility index (Phi) is 5.46. The molecule has 1 N–H and O–H groups in total. The summed E-state index contributed by atoms with van der Waals surface area (Å²) in [7, 11) is 0. The highest BCUT2D eigenvalue weighted by Gasteiger charge is 2.74. The van der Waals surface area contributed by atoms with E-state index in [-0.39, 0.29) is 17.1 Å². The maximum Gasteiger partial charge on any atom is 0.311 e. The zero-order valence-corrected chi connectivity index (χ0v) is 18.2. The number of rotatable bonds is 6. The van der Waals surface area contributed by atoms with Gasteiger partial charge in [0.05, 0.1) is 8.81 Å². The molecule has 0 amide bonds. The van der Waals surface area contributed by atoms with Gasteiger partial charge in [0.15, 0.2) is 5.78 Å². The molecule has 3 nitrogen and oxygen atoms in total. The number of hydrogen-bond donors (Lipinski definition) is 1. The van der Waals surface area contributed by atoms with Gasteiger partial charge in [0.1, 0.15) is 0 Å². The van der Waals surface area contributed by atoms with E-state index in [1.54, 1.807) is 18.2 Å². The molecule has 0 aromatic heterocycles. The van der Waals surface area contributed by atoms with Crippen molar-refractivity contribution in [3.05, 3.63) is 80.8 Å². The van der Waals surface area contributed by atoms with E-state index in [1.807, 2.05) is 56.3 Å². The lowest BCUT2D eigenvalue weighted by molar-refractivity contribution is -0.145. The number of carboxylic acids is 1. The molecule has 5 heteroatoms. The van der Waals surface area contributed by atoms with E-state index in [0.717, 1.165) is 8.96 Å². The highest BCUT2D eigenvalue weighted by atomic mass is 79.9. The zero-order valence-electron chi connectivity index (χ0n) is 15.1. The van der Waals surface area contributed by atoms with E-state index in [0.29, 0.717) is 17.5 Å². The Morgan fingerprint density at radius 1 is 1.04 bits per heavy atom. The van der Waals surface area contributed by atoms with Crippen LogP contribution in [0.5, 0.6) is 0 Å². The standard InChI is InChI=1S/C22H20Br2O3/c1-21(2)17(12-18(23)24)22(21,20(26)27)13-14-7-6-10-16(11-14)19(25)15-8-4-3-5-9-15/h3-12,17H,13H2,1-2H3,(H,26,27)/t17?,22-/m0/s1. The third-order valence-corrected chi connectivity index (χ3v) is 6.29. The maximum absolute atomic E-state index is 12.7. The molecule has 2 aromatic carbocycles. The molecule has 27 heavy (non-hydrogen) atoms. The van der Waals surface area contributed by atoms with Crippen LogP contribution in [0.25, 0.3) is 0 Å². The van der Waals surface area contributed by atoms with Crippen LogP contribution < -0.4 is 0 Å². The first-order valence-electron chi connectivity index (χ1n) is 8.65. The first kappa shape index (κ1) is 20.0. The van der Waals surface area contributed by atoms with Crippen molar-refractivity contribution in [2.24, 2.45) is 16.7 Å². The van der Waals surface area contributed by atoms with Crippen molar-refractivity contribution in [3.8, 4) is 0 Å². The van der Waals surface area contributed by atoms with Crippen LogP contribution in [0, 0.1) is 16.7 Å².